The lowest BCUT2D eigenvalue weighted by Crippen LogP contribution is -2.23. The van der Waals surface area contributed by atoms with Crippen molar-refractivity contribution in [3.05, 3.63) is 107 Å². The summed E-state index contributed by atoms with van der Waals surface area (Å²) in [6.07, 6.45) is 3.12. The van der Waals surface area contributed by atoms with Gasteiger partial charge in [-0.1, -0.05) is 54.1 Å². The Hall–Kier alpha value is -3.64. The minimum Gasteiger partial charge on any atom is -0.488 e. The van der Waals surface area contributed by atoms with Crippen molar-refractivity contribution in [3.63, 3.8) is 0 Å². The van der Waals surface area contributed by atoms with Crippen LogP contribution in [0.2, 0.25) is 5.02 Å². The van der Waals surface area contributed by atoms with E-state index in [9.17, 15) is 4.79 Å². The van der Waals surface area contributed by atoms with Crippen molar-refractivity contribution in [1.82, 2.24) is 20.1 Å². The maximum atomic E-state index is 12.7. The first-order valence-corrected chi connectivity index (χ1v) is 9.76. The van der Waals surface area contributed by atoms with Crippen molar-refractivity contribution in [2.45, 2.75) is 13.2 Å². The van der Waals surface area contributed by atoms with Gasteiger partial charge in [-0.25, -0.2) is 9.67 Å². The molecule has 0 spiro atoms. The summed E-state index contributed by atoms with van der Waals surface area (Å²) in [7, 11) is 0. The number of nitrogens with zero attached hydrogens (tertiary/aromatic N) is 3. The molecule has 0 saturated heterocycles. The van der Waals surface area contributed by atoms with E-state index in [0.717, 1.165) is 16.8 Å². The van der Waals surface area contributed by atoms with Crippen molar-refractivity contribution < 1.29 is 9.53 Å². The number of halogens is 1. The van der Waals surface area contributed by atoms with Gasteiger partial charge in [0.25, 0.3) is 5.91 Å². The Kier molecular flexibility index (Phi) is 6.06. The molecule has 0 aliphatic heterocycles. The second-order valence-corrected chi connectivity index (χ2v) is 6.97. The van der Waals surface area contributed by atoms with Gasteiger partial charge in [0, 0.05) is 17.1 Å². The van der Waals surface area contributed by atoms with Gasteiger partial charge in [-0.2, -0.15) is 5.10 Å². The van der Waals surface area contributed by atoms with Crippen molar-refractivity contribution in [2.24, 2.45) is 0 Å². The predicted octanol–water partition coefficient (Wildman–Crippen LogP) is 4.43. The summed E-state index contributed by atoms with van der Waals surface area (Å²) in [6.45, 7) is 0.684. The standard InChI is InChI=1S/C23H19ClN4O2/c24-21-7-3-1-5-18(21)14-30-22-8-4-2-6-20(22)23(29)26-13-17-9-11-19(12-10-17)28-16-25-15-27-28/h1-12,15-16H,13-14H2,(H,26,29). The summed E-state index contributed by atoms with van der Waals surface area (Å²) in [5.74, 6) is 0.307. The average Bonchev–Trinajstić information content (AvgIpc) is 3.32. The van der Waals surface area contributed by atoms with E-state index in [2.05, 4.69) is 15.4 Å². The van der Waals surface area contributed by atoms with Gasteiger partial charge in [0.2, 0.25) is 0 Å². The molecule has 1 amide bonds. The fourth-order valence-electron chi connectivity index (χ4n) is 2.94. The fraction of sp³-hybridized carbons (Fsp3) is 0.0870. The van der Waals surface area contributed by atoms with Crippen molar-refractivity contribution >= 4 is 17.5 Å². The first-order chi connectivity index (χ1) is 14.7. The van der Waals surface area contributed by atoms with Gasteiger partial charge >= 0.3 is 0 Å². The largest absolute Gasteiger partial charge is 0.488 e. The lowest BCUT2D eigenvalue weighted by molar-refractivity contribution is 0.0946. The van der Waals surface area contributed by atoms with Crippen LogP contribution in [0.4, 0.5) is 0 Å². The lowest BCUT2D eigenvalue weighted by Gasteiger charge is -2.12. The Bertz CT molecular complexity index is 1130. The number of amides is 1. The number of ether oxygens (including phenoxy) is 1. The Morgan fingerprint density at radius 2 is 1.77 bits per heavy atom. The highest BCUT2D eigenvalue weighted by Gasteiger charge is 2.12. The Morgan fingerprint density at radius 3 is 2.53 bits per heavy atom. The third kappa shape index (κ3) is 4.67. The van der Waals surface area contributed by atoms with E-state index in [1.165, 1.54) is 6.33 Å². The maximum absolute atomic E-state index is 12.7. The number of rotatable bonds is 7. The van der Waals surface area contributed by atoms with E-state index >= 15 is 0 Å². The summed E-state index contributed by atoms with van der Waals surface area (Å²) in [6, 6.07) is 22.4. The molecule has 0 fully saturated rings. The molecule has 0 bridgehead atoms. The van der Waals surface area contributed by atoms with Crippen molar-refractivity contribution in [2.75, 3.05) is 0 Å². The summed E-state index contributed by atoms with van der Waals surface area (Å²) >= 11 is 6.19. The molecule has 0 atom stereocenters. The number of para-hydroxylation sites is 1. The molecule has 0 unspecified atom stereocenters. The minimum atomic E-state index is -0.204. The first-order valence-electron chi connectivity index (χ1n) is 9.38. The molecule has 3 aromatic carbocycles. The van der Waals surface area contributed by atoms with E-state index < -0.39 is 0 Å². The number of carbonyl (C=O) groups is 1. The van der Waals surface area contributed by atoms with Crippen LogP contribution in [0.3, 0.4) is 0 Å². The predicted molar refractivity (Wildman–Crippen MR) is 115 cm³/mol. The van der Waals surface area contributed by atoms with Gasteiger partial charge in [-0.15, -0.1) is 0 Å². The van der Waals surface area contributed by atoms with E-state index in [-0.39, 0.29) is 12.5 Å². The number of aromatic nitrogens is 3. The summed E-state index contributed by atoms with van der Waals surface area (Å²) in [5.41, 5.74) is 3.22. The van der Waals surface area contributed by atoms with Gasteiger partial charge in [-0.3, -0.25) is 4.79 Å². The van der Waals surface area contributed by atoms with Crippen LogP contribution in [0.5, 0.6) is 5.75 Å². The zero-order chi connectivity index (χ0) is 20.8. The van der Waals surface area contributed by atoms with Crippen LogP contribution < -0.4 is 10.1 Å². The highest BCUT2D eigenvalue weighted by Crippen LogP contribution is 2.22. The average molecular weight is 419 g/mol. The Balaban J connectivity index is 1.39. The third-order valence-corrected chi connectivity index (χ3v) is 4.91. The van der Waals surface area contributed by atoms with Crippen LogP contribution in [0.15, 0.2) is 85.5 Å². The second-order valence-electron chi connectivity index (χ2n) is 6.57. The first kappa shape index (κ1) is 19.7. The van der Waals surface area contributed by atoms with E-state index in [0.29, 0.717) is 22.9 Å². The lowest BCUT2D eigenvalue weighted by atomic mass is 10.1. The molecule has 0 aliphatic rings. The normalized spacial score (nSPS) is 10.6. The number of hydrogen-bond donors (Lipinski definition) is 1. The quantitative estimate of drug-likeness (QED) is 0.482. The number of benzene rings is 3. The summed E-state index contributed by atoms with van der Waals surface area (Å²) < 4.78 is 7.55. The van der Waals surface area contributed by atoms with Crippen LogP contribution >= 0.6 is 11.6 Å². The molecule has 1 N–H and O–H groups in total. The molecule has 150 valence electrons. The van der Waals surface area contributed by atoms with E-state index in [1.807, 2.05) is 60.7 Å². The number of hydrogen-bond acceptors (Lipinski definition) is 4. The van der Waals surface area contributed by atoms with E-state index in [4.69, 9.17) is 16.3 Å². The van der Waals surface area contributed by atoms with Crippen LogP contribution in [-0.4, -0.2) is 20.7 Å². The molecule has 1 heterocycles. The van der Waals surface area contributed by atoms with Gasteiger partial charge in [0.15, 0.2) is 0 Å². The molecule has 6 nitrogen and oxygen atoms in total. The van der Waals surface area contributed by atoms with Crippen LogP contribution in [-0.2, 0) is 13.2 Å². The SMILES string of the molecule is O=C(NCc1ccc(-n2cncn2)cc1)c1ccccc1OCc1ccccc1Cl. The van der Waals surface area contributed by atoms with Crippen LogP contribution in [0.1, 0.15) is 21.5 Å². The van der Waals surface area contributed by atoms with Crippen LogP contribution in [0.25, 0.3) is 5.69 Å². The van der Waals surface area contributed by atoms with Crippen LogP contribution in [0, 0.1) is 0 Å². The van der Waals surface area contributed by atoms with Gasteiger partial charge < -0.3 is 10.1 Å². The van der Waals surface area contributed by atoms with Crippen molar-refractivity contribution in [1.29, 1.82) is 0 Å². The summed E-state index contributed by atoms with van der Waals surface area (Å²) in [5, 5.41) is 7.67. The highest BCUT2D eigenvalue weighted by atomic mass is 35.5. The topological polar surface area (TPSA) is 69.0 Å². The van der Waals surface area contributed by atoms with Crippen molar-refractivity contribution in [3.8, 4) is 11.4 Å². The molecule has 7 heteroatoms. The zero-order valence-electron chi connectivity index (χ0n) is 16.0. The molecule has 0 saturated carbocycles. The van der Waals surface area contributed by atoms with Gasteiger partial charge in [-0.05, 0) is 35.9 Å². The summed E-state index contributed by atoms with van der Waals surface area (Å²) in [4.78, 5) is 16.7. The Morgan fingerprint density at radius 1 is 1.00 bits per heavy atom. The molecule has 1 aromatic heterocycles. The second kappa shape index (κ2) is 9.24. The molecule has 30 heavy (non-hydrogen) atoms. The zero-order valence-corrected chi connectivity index (χ0v) is 16.8. The number of carbonyl (C=O) groups excluding carboxylic acids is 1. The molecular formula is C23H19ClN4O2. The molecular weight excluding hydrogens is 400 g/mol. The van der Waals surface area contributed by atoms with Gasteiger partial charge in [0.05, 0.1) is 11.3 Å². The molecule has 4 rings (SSSR count). The Labute approximate surface area is 179 Å². The third-order valence-electron chi connectivity index (χ3n) is 4.55. The fourth-order valence-corrected chi connectivity index (χ4v) is 3.13. The molecule has 0 aliphatic carbocycles. The molecule has 4 aromatic rings. The minimum absolute atomic E-state index is 0.204. The van der Waals surface area contributed by atoms with Gasteiger partial charge in [0.1, 0.15) is 25.0 Å². The highest BCUT2D eigenvalue weighted by molar-refractivity contribution is 6.31. The van der Waals surface area contributed by atoms with E-state index in [1.54, 1.807) is 23.1 Å². The monoisotopic (exact) mass is 418 g/mol. The smallest absolute Gasteiger partial charge is 0.255 e. The molecule has 0 radical (unpaired) electrons. The maximum Gasteiger partial charge on any atom is 0.255 e. The number of nitrogens with one attached hydrogen (secondary N) is 1.